The van der Waals surface area contributed by atoms with Crippen molar-refractivity contribution in [2.24, 2.45) is 0 Å². The predicted molar refractivity (Wildman–Crippen MR) is 73.2 cm³/mol. The van der Waals surface area contributed by atoms with Gasteiger partial charge in [-0.15, -0.1) is 0 Å². The van der Waals surface area contributed by atoms with Crippen molar-refractivity contribution in [3.05, 3.63) is 29.8 Å². The van der Waals surface area contributed by atoms with Crippen LogP contribution in [0.5, 0.6) is 5.75 Å². The molecule has 2 saturated heterocycles. The lowest BCUT2D eigenvalue weighted by Gasteiger charge is -2.36. The Kier molecular flexibility index (Phi) is 3.52. The number of hydrogen-bond acceptors (Lipinski definition) is 3. The predicted octanol–water partition coefficient (Wildman–Crippen LogP) is 1.85. The van der Waals surface area contributed by atoms with Crippen molar-refractivity contribution in [2.75, 3.05) is 33.2 Å². The maximum Gasteiger partial charge on any atom is 0.124 e. The van der Waals surface area contributed by atoms with Crippen molar-refractivity contribution in [2.45, 2.75) is 24.9 Å². The highest BCUT2D eigenvalue weighted by Crippen LogP contribution is 2.28. The van der Waals surface area contributed by atoms with Gasteiger partial charge in [-0.3, -0.25) is 4.90 Å². The fourth-order valence-electron chi connectivity index (χ4n) is 2.91. The number of piperidine rings is 1. The van der Waals surface area contributed by atoms with Crippen LogP contribution in [0.25, 0.3) is 0 Å². The summed E-state index contributed by atoms with van der Waals surface area (Å²) in [6, 6.07) is 8.71. The first-order valence-corrected chi connectivity index (χ1v) is 6.97. The number of benzene rings is 1. The Labute approximate surface area is 109 Å². The number of nitrogens with zero attached hydrogens (tertiary/aromatic N) is 1. The Morgan fingerprint density at radius 1 is 1.22 bits per heavy atom. The molecule has 1 N–H and O–H groups in total. The molecule has 0 radical (unpaired) electrons. The van der Waals surface area contributed by atoms with Crippen LogP contribution in [0.4, 0.5) is 0 Å². The maximum absolute atomic E-state index is 5.99. The lowest BCUT2D eigenvalue weighted by atomic mass is 9.90. The topological polar surface area (TPSA) is 24.5 Å². The van der Waals surface area contributed by atoms with Crippen LogP contribution in [0.15, 0.2) is 24.3 Å². The highest BCUT2D eigenvalue weighted by molar-refractivity contribution is 5.31. The van der Waals surface area contributed by atoms with Gasteiger partial charge >= 0.3 is 0 Å². The van der Waals surface area contributed by atoms with Gasteiger partial charge in [0.25, 0.3) is 0 Å². The lowest BCUT2D eigenvalue weighted by Crippen LogP contribution is -2.51. The van der Waals surface area contributed by atoms with Gasteiger partial charge in [0.15, 0.2) is 0 Å². The first-order valence-electron chi connectivity index (χ1n) is 6.97. The molecule has 0 saturated carbocycles. The molecule has 2 fully saturated rings. The van der Waals surface area contributed by atoms with Crippen LogP contribution in [0, 0.1) is 0 Å². The quantitative estimate of drug-likeness (QED) is 0.881. The van der Waals surface area contributed by atoms with Gasteiger partial charge in [0, 0.05) is 13.1 Å². The van der Waals surface area contributed by atoms with Gasteiger partial charge in [-0.2, -0.15) is 0 Å². The number of ether oxygens (including phenoxy) is 1. The van der Waals surface area contributed by atoms with E-state index in [1.165, 1.54) is 18.4 Å². The lowest BCUT2D eigenvalue weighted by molar-refractivity contribution is 0.0387. The summed E-state index contributed by atoms with van der Waals surface area (Å²) in [5.74, 6) is 1.75. The van der Waals surface area contributed by atoms with E-state index in [1.54, 1.807) is 0 Å². The Bertz CT molecular complexity index is 395. The van der Waals surface area contributed by atoms with Gasteiger partial charge in [0.2, 0.25) is 0 Å². The van der Waals surface area contributed by atoms with Crippen LogP contribution in [0.1, 0.15) is 24.3 Å². The minimum Gasteiger partial charge on any atom is -0.488 e. The normalized spacial score (nSPS) is 22.7. The van der Waals surface area contributed by atoms with Crippen LogP contribution >= 0.6 is 0 Å². The molecule has 0 aromatic heterocycles. The van der Waals surface area contributed by atoms with E-state index in [-0.39, 0.29) is 0 Å². The summed E-state index contributed by atoms with van der Waals surface area (Å²) in [4.78, 5) is 2.28. The fraction of sp³-hybridized carbons (Fsp3) is 0.600. The Balaban J connectivity index is 1.64. The van der Waals surface area contributed by atoms with Gasteiger partial charge in [-0.05, 0) is 56.6 Å². The second kappa shape index (κ2) is 5.29. The molecule has 0 spiro atoms. The van der Waals surface area contributed by atoms with E-state index in [0.29, 0.717) is 12.0 Å². The van der Waals surface area contributed by atoms with Gasteiger partial charge in [0.05, 0.1) is 0 Å². The average Bonchev–Trinajstić information content (AvgIpc) is 2.38. The van der Waals surface area contributed by atoms with E-state index < -0.39 is 0 Å². The zero-order chi connectivity index (χ0) is 12.4. The van der Waals surface area contributed by atoms with Gasteiger partial charge < -0.3 is 10.1 Å². The molecular formula is C15H22N2O. The molecule has 98 valence electrons. The van der Waals surface area contributed by atoms with E-state index in [1.807, 2.05) is 0 Å². The van der Waals surface area contributed by atoms with E-state index >= 15 is 0 Å². The third kappa shape index (κ3) is 2.68. The molecule has 0 amide bonds. The summed E-state index contributed by atoms with van der Waals surface area (Å²) in [7, 11) is 2.13. The number of hydrogen-bond donors (Lipinski definition) is 1. The van der Waals surface area contributed by atoms with Crippen molar-refractivity contribution in [3.8, 4) is 5.75 Å². The summed E-state index contributed by atoms with van der Waals surface area (Å²) in [6.45, 7) is 4.39. The minimum absolute atomic E-state index is 0.387. The standard InChI is InChI=1S/C15H22N2O/c1-17-10-15(11-17)18-14-4-2-3-13(9-14)12-5-7-16-8-6-12/h2-4,9,12,15-16H,5-8,10-11H2,1H3. The molecule has 0 aliphatic carbocycles. The zero-order valence-electron chi connectivity index (χ0n) is 11.1. The number of likely N-dealkylation sites (N-methyl/N-ethyl adjacent to an activating group) is 1. The van der Waals surface area contributed by atoms with Crippen LogP contribution in [0.2, 0.25) is 0 Å². The SMILES string of the molecule is CN1CC(Oc2cccc(C3CCNCC3)c2)C1. The van der Waals surface area contributed by atoms with E-state index in [2.05, 4.69) is 41.5 Å². The van der Waals surface area contributed by atoms with Crippen LogP contribution in [-0.4, -0.2) is 44.2 Å². The van der Waals surface area contributed by atoms with E-state index in [0.717, 1.165) is 31.9 Å². The highest BCUT2D eigenvalue weighted by Gasteiger charge is 2.25. The molecule has 3 rings (SSSR count). The third-order valence-electron chi connectivity index (χ3n) is 4.00. The monoisotopic (exact) mass is 246 g/mol. The van der Waals surface area contributed by atoms with Crippen molar-refractivity contribution < 1.29 is 4.74 Å². The molecule has 2 aliphatic heterocycles. The molecule has 18 heavy (non-hydrogen) atoms. The molecule has 3 nitrogen and oxygen atoms in total. The molecule has 0 unspecified atom stereocenters. The van der Waals surface area contributed by atoms with Crippen molar-refractivity contribution in [3.63, 3.8) is 0 Å². The second-order valence-electron chi connectivity index (χ2n) is 5.56. The highest BCUT2D eigenvalue weighted by atomic mass is 16.5. The maximum atomic E-state index is 5.99. The van der Waals surface area contributed by atoms with E-state index in [4.69, 9.17) is 4.74 Å². The number of nitrogens with one attached hydrogen (secondary N) is 1. The van der Waals surface area contributed by atoms with Crippen molar-refractivity contribution in [1.29, 1.82) is 0 Å². The summed E-state index contributed by atoms with van der Waals surface area (Å²) >= 11 is 0. The first kappa shape index (κ1) is 12.0. The molecule has 3 heteroatoms. The Hall–Kier alpha value is -1.06. The van der Waals surface area contributed by atoms with Gasteiger partial charge in [-0.1, -0.05) is 12.1 Å². The molecule has 1 aromatic rings. The van der Waals surface area contributed by atoms with Crippen LogP contribution in [-0.2, 0) is 0 Å². The minimum atomic E-state index is 0.387. The Morgan fingerprint density at radius 3 is 2.72 bits per heavy atom. The first-order chi connectivity index (χ1) is 8.81. The third-order valence-corrected chi connectivity index (χ3v) is 4.00. The van der Waals surface area contributed by atoms with E-state index in [9.17, 15) is 0 Å². The summed E-state index contributed by atoms with van der Waals surface area (Å²) in [6.07, 6.45) is 2.88. The molecule has 2 heterocycles. The fourth-order valence-corrected chi connectivity index (χ4v) is 2.91. The molecular weight excluding hydrogens is 224 g/mol. The summed E-state index contributed by atoms with van der Waals surface area (Å²) in [5.41, 5.74) is 1.45. The van der Waals surface area contributed by atoms with Crippen LogP contribution in [0.3, 0.4) is 0 Å². The van der Waals surface area contributed by atoms with Crippen LogP contribution < -0.4 is 10.1 Å². The number of rotatable bonds is 3. The van der Waals surface area contributed by atoms with Gasteiger partial charge in [-0.25, -0.2) is 0 Å². The largest absolute Gasteiger partial charge is 0.488 e. The van der Waals surface area contributed by atoms with Crippen molar-refractivity contribution >= 4 is 0 Å². The zero-order valence-corrected chi connectivity index (χ0v) is 11.1. The average molecular weight is 246 g/mol. The molecule has 0 bridgehead atoms. The smallest absolute Gasteiger partial charge is 0.124 e. The molecule has 1 aromatic carbocycles. The number of likely N-dealkylation sites (tertiary alicyclic amines) is 1. The van der Waals surface area contributed by atoms with Gasteiger partial charge in [0.1, 0.15) is 11.9 Å². The molecule has 2 aliphatic rings. The second-order valence-corrected chi connectivity index (χ2v) is 5.56. The summed E-state index contributed by atoms with van der Waals surface area (Å²) < 4.78 is 5.99. The summed E-state index contributed by atoms with van der Waals surface area (Å²) in [5, 5.41) is 3.42. The Morgan fingerprint density at radius 2 is 2.00 bits per heavy atom. The molecule has 0 atom stereocenters. The van der Waals surface area contributed by atoms with Crippen molar-refractivity contribution in [1.82, 2.24) is 10.2 Å².